The van der Waals surface area contributed by atoms with Gasteiger partial charge in [-0.3, -0.25) is 4.79 Å². The van der Waals surface area contributed by atoms with Gasteiger partial charge in [0.15, 0.2) is 0 Å². The third-order valence-electron chi connectivity index (χ3n) is 3.00. The smallest absolute Gasteiger partial charge is 0.232 e. The summed E-state index contributed by atoms with van der Waals surface area (Å²) in [4.78, 5) is 14.2. The molecule has 1 fully saturated rings. The van der Waals surface area contributed by atoms with Gasteiger partial charge >= 0.3 is 0 Å². The summed E-state index contributed by atoms with van der Waals surface area (Å²) in [5, 5.41) is 3.38. The van der Waals surface area contributed by atoms with Crippen LogP contribution in [0.4, 0.5) is 0 Å². The number of carbonyl (C=O) groups is 1. The number of hydrogen-bond acceptors (Lipinski definition) is 3. The second-order valence-electron chi connectivity index (χ2n) is 5.58. The zero-order valence-electron chi connectivity index (χ0n) is 11.6. The van der Waals surface area contributed by atoms with Crippen molar-refractivity contribution in [2.45, 2.75) is 51.3 Å². The number of amides is 1. The summed E-state index contributed by atoms with van der Waals surface area (Å²) >= 11 is 1.74. The Kier molecular flexibility index (Phi) is 5.80. The minimum absolute atomic E-state index is 0.167. The van der Waals surface area contributed by atoms with Gasteiger partial charge in [0.1, 0.15) is 0 Å². The molecule has 1 aliphatic rings. The van der Waals surface area contributed by atoms with Gasteiger partial charge in [-0.2, -0.15) is 0 Å². The molecule has 0 aromatic rings. The maximum atomic E-state index is 12.2. The van der Waals surface area contributed by atoms with E-state index in [1.807, 2.05) is 4.90 Å². The van der Waals surface area contributed by atoms with Crippen LogP contribution in [0.5, 0.6) is 0 Å². The minimum Gasteiger partial charge on any atom is -0.338 e. The lowest BCUT2D eigenvalue weighted by atomic mass is 10.1. The molecule has 1 unspecified atom stereocenters. The van der Waals surface area contributed by atoms with Gasteiger partial charge in [-0.25, -0.2) is 0 Å². The number of likely N-dealkylation sites (N-methyl/N-ethyl adjacent to an activating group) is 1. The average molecular weight is 258 g/mol. The van der Waals surface area contributed by atoms with Crippen LogP contribution in [0, 0.1) is 0 Å². The molecule has 1 heterocycles. The molecule has 1 amide bonds. The van der Waals surface area contributed by atoms with Crippen LogP contribution in [0.2, 0.25) is 0 Å². The lowest BCUT2D eigenvalue weighted by Gasteiger charge is -2.34. The van der Waals surface area contributed by atoms with Crippen molar-refractivity contribution in [3.05, 3.63) is 0 Å². The van der Waals surface area contributed by atoms with E-state index >= 15 is 0 Å². The monoisotopic (exact) mass is 258 g/mol. The van der Waals surface area contributed by atoms with Crippen molar-refractivity contribution in [1.29, 1.82) is 0 Å². The largest absolute Gasteiger partial charge is 0.338 e. The van der Waals surface area contributed by atoms with E-state index in [0.29, 0.717) is 17.7 Å². The number of hydrogen-bond donors (Lipinski definition) is 1. The summed E-state index contributed by atoms with van der Waals surface area (Å²) in [5.74, 6) is 0.898. The molecule has 0 saturated carbocycles. The quantitative estimate of drug-likeness (QED) is 0.838. The van der Waals surface area contributed by atoms with Crippen molar-refractivity contribution in [1.82, 2.24) is 10.2 Å². The van der Waals surface area contributed by atoms with Crippen LogP contribution < -0.4 is 5.32 Å². The fourth-order valence-electron chi connectivity index (χ4n) is 2.10. The highest BCUT2D eigenvalue weighted by Crippen LogP contribution is 2.24. The molecule has 0 bridgehead atoms. The van der Waals surface area contributed by atoms with E-state index in [2.05, 4.69) is 33.0 Å². The van der Waals surface area contributed by atoms with Crippen molar-refractivity contribution in [3.63, 3.8) is 0 Å². The number of nitrogens with one attached hydrogen (secondary N) is 1. The molecule has 0 aromatic heterocycles. The summed E-state index contributed by atoms with van der Waals surface area (Å²) in [6.07, 6.45) is 2.33. The van der Waals surface area contributed by atoms with Crippen LogP contribution in [-0.4, -0.2) is 47.0 Å². The Hall–Kier alpha value is -0.220. The van der Waals surface area contributed by atoms with E-state index < -0.39 is 0 Å². The lowest BCUT2D eigenvalue weighted by Crippen LogP contribution is -2.49. The summed E-state index contributed by atoms with van der Waals surface area (Å²) in [6.45, 7) is 11.4. The number of carbonyl (C=O) groups excluding carboxylic acids is 1. The average Bonchev–Trinajstić information content (AvgIpc) is 2.28. The van der Waals surface area contributed by atoms with E-state index in [4.69, 9.17) is 0 Å². The number of rotatable bonds is 4. The zero-order valence-corrected chi connectivity index (χ0v) is 12.4. The van der Waals surface area contributed by atoms with E-state index in [0.717, 1.165) is 26.1 Å². The Bertz CT molecular complexity index is 244. The Morgan fingerprint density at radius 2 is 2.18 bits per heavy atom. The molecule has 3 nitrogen and oxygen atoms in total. The van der Waals surface area contributed by atoms with Crippen LogP contribution in [0.3, 0.4) is 0 Å². The fourth-order valence-corrected chi connectivity index (χ4v) is 2.82. The van der Waals surface area contributed by atoms with Gasteiger partial charge in [0.2, 0.25) is 5.91 Å². The minimum atomic E-state index is 0.167. The van der Waals surface area contributed by atoms with Gasteiger partial charge in [0.05, 0.1) is 5.75 Å². The summed E-state index contributed by atoms with van der Waals surface area (Å²) in [5.41, 5.74) is 0. The van der Waals surface area contributed by atoms with Gasteiger partial charge in [0.25, 0.3) is 0 Å². The summed E-state index contributed by atoms with van der Waals surface area (Å²) in [6, 6.07) is 0.404. The zero-order chi connectivity index (χ0) is 12.9. The Morgan fingerprint density at radius 1 is 1.47 bits per heavy atom. The molecular weight excluding hydrogens is 232 g/mol. The van der Waals surface area contributed by atoms with E-state index in [9.17, 15) is 4.79 Å². The van der Waals surface area contributed by atoms with Crippen LogP contribution in [0.15, 0.2) is 0 Å². The summed E-state index contributed by atoms with van der Waals surface area (Å²) < 4.78 is 0.167. The fraction of sp³-hybridized carbons (Fsp3) is 0.923. The van der Waals surface area contributed by atoms with Crippen molar-refractivity contribution in [2.24, 2.45) is 0 Å². The van der Waals surface area contributed by atoms with Crippen LogP contribution in [-0.2, 0) is 4.79 Å². The van der Waals surface area contributed by atoms with Gasteiger partial charge in [-0.05, 0) is 26.3 Å². The van der Waals surface area contributed by atoms with Crippen molar-refractivity contribution in [2.75, 3.05) is 25.4 Å². The molecule has 0 radical (unpaired) electrons. The summed E-state index contributed by atoms with van der Waals surface area (Å²) in [7, 11) is 0. The molecule has 1 atom stereocenters. The Balaban J connectivity index is 2.45. The maximum Gasteiger partial charge on any atom is 0.232 e. The Morgan fingerprint density at radius 3 is 2.65 bits per heavy atom. The van der Waals surface area contributed by atoms with Crippen molar-refractivity contribution < 1.29 is 4.79 Å². The van der Waals surface area contributed by atoms with Crippen LogP contribution in [0.25, 0.3) is 0 Å². The van der Waals surface area contributed by atoms with Gasteiger partial charge in [-0.15, -0.1) is 11.8 Å². The first-order chi connectivity index (χ1) is 7.94. The van der Waals surface area contributed by atoms with Crippen molar-refractivity contribution in [3.8, 4) is 0 Å². The molecule has 17 heavy (non-hydrogen) atoms. The molecule has 4 heteroatoms. The molecule has 100 valence electrons. The first kappa shape index (κ1) is 14.8. The highest BCUT2D eigenvalue weighted by molar-refractivity contribution is 8.01. The molecule has 0 spiro atoms. The molecule has 1 rings (SSSR count). The van der Waals surface area contributed by atoms with Crippen LogP contribution >= 0.6 is 11.8 Å². The number of piperidine rings is 1. The van der Waals surface area contributed by atoms with Crippen LogP contribution in [0.1, 0.15) is 40.5 Å². The second-order valence-corrected chi connectivity index (χ2v) is 7.38. The third kappa shape index (κ3) is 5.30. The first-order valence-corrected chi connectivity index (χ1v) is 7.56. The van der Waals surface area contributed by atoms with E-state index in [1.165, 1.54) is 6.42 Å². The molecular formula is C13H26N2OS. The maximum absolute atomic E-state index is 12.2. The number of thioether (sulfide) groups is 1. The van der Waals surface area contributed by atoms with E-state index in [-0.39, 0.29) is 4.75 Å². The van der Waals surface area contributed by atoms with Gasteiger partial charge < -0.3 is 10.2 Å². The molecule has 1 N–H and O–H groups in total. The highest BCUT2D eigenvalue weighted by Gasteiger charge is 2.24. The predicted molar refractivity (Wildman–Crippen MR) is 75.5 cm³/mol. The first-order valence-electron chi connectivity index (χ1n) is 6.58. The van der Waals surface area contributed by atoms with Gasteiger partial charge in [0, 0.05) is 23.9 Å². The lowest BCUT2D eigenvalue weighted by molar-refractivity contribution is -0.130. The number of nitrogens with zero attached hydrogens (tertiary/aromatic N) is 1. The topological polar surface area (TPSA) is 32.3 Å². The predicted octanol–water partition coefficient (Wildman–Crippen LogP) is 2.12. The molecule has 1 saturated heterocycles. The third-order valence-corrected chi connectivity index (χ3v) is 4.26. The Labute approximate surface area is 110 Å². The standard InChI is InChI=1S/C13H26N2OS/c1-5-15(11-7-6-8-14-9-11)12(16)10-17-13(2,3)4/h11,14H,5-10H2,1-4H3. The second kappa shape index (κ2) is 6.64. The molecule has 1 aliphatic heterocycles. The molecule has 0 aromatic carbocycles. The van der Waals surface area contributed by atoms with Gasteiger partial charge in [-0.1, -0.05) is 20.8 Å². The normalized spacial score (nSPS) is 21.3. The highest BCUT2D eigenvalue weighted by atomic mass is 32.2. The SMILES string of the molecule is CCN(C(=O)CSC(C)(C)C)C1CCCNC1. The van der Waals surface area contributed by atoms with E-state index in [1.54, 1.807) is 11.8 Å². The van der Waals surface area contributed by atoms with Crippen molar-refractivity contribution >= 4 is 17.7 Å². The molecule has 0 aliphatic carbocycles.